The predicted octanol–water partition coefficient (Wildman–Crippen LogP) is 3.45. The number of nitrogens with one attached hydrogen (secondary N) is 1. The minimum Gasteiger partial charge on any atom is -0.298 e. The molecule has 0 amide bonds. The second-order valence-electron chi connectivity index (χ2n) is 4.41. The van der Waals surface area contributed by atoms with Crippen LogP contribution in [0, 0.1) is 0 Å². The Morgan fingerprint density at radius 1 is 1.50 bits per heavy atom. The van der Waals surface area contributed by atoms with Gasteiger partial charge in [-0.05, 0) is 24.5 Å². The summed E-state index contributed by atoms with van der Waals surface area (Å²) in [6, 6.07) is 7.13. The van der Waals surface area contributed by atoms with Gasteiger partial charge in [0.05, 0.1) is 0 Å². The van der Waals surface area contributed by atoms with Crippen LogP contribution in [0.25, 0.3) is 0 Å². The maximum Gasteiger partial charge on any atom is 0.157 e. The second-order valence-corrected chi connectivity index (χ2v) is 4.82. The summed E-state index contributed by atoms with van der Waals surface area (Å²) in [6.07, 6.45) is 1.27. The third-order valence-corrected chi connectivity index (χ3v) is 3.61. The van der Waals surface area contributed by atoms with Gasteiger partial charge in [0.15, 0.2) is 5.78 Å². The molecule has 0 heterocycles. The number of Topliss-reactive ketones (excluding diaryl/α,β-unsaturated/α-hetero) is 1. The summed E-state index contributed by atoms with van der Waals surface area (Å²) in [5.74, 6) is -0.439. The zero-order chi connectivity index (χ0) is 14.8. The van der Waals surface area contributed by atoms with Crippen LogP contribution in [0.2, 0.25) is 5.02 Å². The molecule has 1 N–H and O–H groups in total. The Kier molecular flexibility index (Phi) is 3.40. The molecule has 1 saturated carbocycles. The predicted molar refractivity (Wildman–Crippen MR) is 74.8 cm³/mol. The van der Waals surface area contributed by atoms with Crippen LogP contribution < -0.4 is 5.32 Å². The minimum absolute atomic E-state index is 0.258. The van der Waals surface area contributed by atoms with Crippen molar-refractivity contribution < 1.29 is 7.54 Å². The molecule has 2 nitrogen and oxygen atoms in total. The molecule has 1 atom stereocenters. The molecule has 0 radical (unpaired) electrons. The van der Waals surface area contributed by atoms with Crippen LogP contribution in [0.15, 0.2) is 36.9 Å². The van der Waals surface area contributed by atoms with Gasteiger partial charge in [-0.15, -0.1) is 6.58 Å². The van der Waals surface area contributed by atoms with E-state index >= 15 is 0 Å². The molecular formula is C15H18ClNO. The van der Waals surface area contributed by atoms with Gasteiger partial charge in [-0.1, -0.05) is 42.3 Å². The van der Waals surface area contributed by atoms with Crippen molar-refractivity contribution in [3.05, 3.63) is 47.5 Å². The number of carbonyl (C=O) groups excluding carboxylic acids is 1. The summed E-state index contributed by atoms with van der Waals surface area (Å²) in [5, 5.41) is 3.64. The maximum absolute atomic E-state index is 12.7. The van der Waals surface area contributed by atoms with Crippen LogP contribution >= 0.6 is 11.6 Å². The van der Waals surface area contributed by atoms with Crippen molar-refractivity contribution in [2.24, 2.45) is 0 Å². The molecule has 96 valence electrons. The van der Waals surface area contributed by atoms with Crippen LogP contribution in [0.1, 0.15) is 33.9 Å². The van der Waals surface area contributed by atoms with E-state index in [1.165, 1.54) is 0 Å². The lowest BCUT2D eigenvalue weighted by atomic mass is 9.75. The van der Waals surface area contributed by atoms with Gasteiger partial charge < -0.3 is 0 Å². The highest BCUT2D eigenvalue weighted by Gasteiger charge is 2.41. The van der Waals surface area contributed by atoms with Gasteiger partial charge in [-0.2, -0.15) is 0 Å². The lowest BCUT2D eigenvalue weighted by molar-refractivity contribution is -0.127. The molecular weight excluding hydrogens is 246 g/mol. The first-order chi connectivity index (χ1) is 9.44. The Labute approximate surface area is 116 Å². The zero-order valence-corrected chi connectivity index (χ0v) is 11.0. The fourth-order valence-electron chi connectivity index (χ4n) is 2.39. The molecule has 1 aliphatic carbocycles. The smallest absolute Gasteiger partial charge is 0.157 e. The minimum atomic E-state index is -1.83. The third kappa shape index (κ3) is 2.36. The molecule has 1 aromatic carbocycles. The van der Waals surface area contributed by atoms with Gasteiger partial charge in [-0.25, -0.2) is 0 Å². The van der Waals surface area contributed by atoms with E-state index in [-0.39, 0.29) is 6.42 Å². The molecule has 1 aliphatic rings. The van der Waals surface area contributed by atoms with Crippen molar-refractivity contribution in [2.75, 3.05) is 6.54 Å². The van der Waals surface area contributed by atoms with E-state index in [4.69, 9.17) is 14.3 Å². The lowest BCUT2D eigenvalue weighted by Crippen LogP contribution is -2.51. The summed E-state index contributed by atoms with van der Waals surface area (Å²) in [5.41, 5.74) is -0.411. The van der Waals surface area contributed by atoms with E-state index < -0.39 is 17.7 Å². The van der Waals surface area contributed by atoms with Crippen LogP contribution in [0.3, 0.4) is 0 Å². The number of rotatable bonds is 4. The van der Waals surface area contributed by atoms with Crippen molar-refractivity contribution in [3.63, 3.8) is 0 Å². The highest BCUT2D eigenvalue weighted by Crippen LogP contribution is 2.37. The van der Waals surface area contributed by atoms with E-state index in [1.54, 1.807) is 24.3 Å². The van der Waals surface area contributed by atoms with Crippen molar-refractivity contribution >= 4 is 17.4 Å². The molecule has 0 aliphatic heterocycles. The van der Waals surface area contributed by atoms with Crippen LogP contribution in [-0.2, 0) is 10.3 Å². The van der Waals surface area contributed by atoms with Crippen LogP contribution in [-0.4, -0.2) is 12.3 Å². The first-order valence-corrected chi connectivity index (χ1v) is 6.48. The van der Waals surface area contributed by atoms with Crippen LogP contribution in [0.4, 0.5) is 0 Å². The fourth-order valence-corrected chi connectivity index (χ4v) is 2.69. The molecule has 2 rings (SSSR count). The third-order valence-electron chi connectivity index (χ3n) is 3.28. The number of ketones is 1. The number of hydrogen-bond donors (Lipinski definition) is 1. The van der Waals surface area contributed by atoms with Crippen LogP contribution in [0.5, 0.6) is 0 Å². The highest BCUT2D eigenvalue weighted by atomic mass is 35.5. The summed E-state index contributed by atoms with van der Waals surface area (Å²) in [7, 11) is 0. The molecule has 1 aromatic rings. The van der Waals surface area contributed by atoms with Gasteiger partial charge >= 0.3 is 0 Å². The number of halogens is 1. The van der Waals surface area contributed by atoms with E-state index in [2.05, 4.69) is 11.9 Å². The molecule has 0 spiro atoms. The summed E-state index contributed by atoms with van der Waals surface area (Å²) >= 11 is 6.24. The number of hydrogen-bond acceptors (Lipinski definition) is 2. The van der Waals surface area contributed by atoms with E-state index in [1.807, 2.05) is 6.07 Å². The van der Waals surface area contributed by atoms with E-state index in [0.29, 0.717) is 30.0 Å². The highest BCUT2D eigenvalue weighted by molar-refractivity contribution is 6.31. The fraction of sp³-hybridized carbons (Fsp3) is 0.400. The topological polar surface area (TPSA) is 29.1 Å². The Hall–Kier alpha value is -1.12. The normalized spacial score (nSPS) is 28.4. The lowest BCUT2D eigenvalue weighted by Gasteiger charge is -2.37. The summed E-state index contributed by atoms with van der Waals surface area (Å²) in [4.78, 5) is 12.7. The first kappa shape index (κ1) is 10.8. The number of benzene rings is 1. The summed E-state index contributed by atoms with van der Waals surface area (Å²) in [6.45, 7) is 4.08. The quantitative estimate of drug-likeness (QED) is 0.845. The van der Waals surface area contributed by atoms with Crippen molar-refractivity contribution in [1.82, 2.24) is 5.32 Å². The van der Waals surface area contributed by atoms with Gasteiger partial charge in [0.2, 0.25) is 0 Å². The molecule has 1 fully saturated rings. The Morgan fingerprint density at radius 3 is 3.00 bits per heavy atom. The molecule has 0 aromatic heterocycles. The Bertz CT molecular complexity index is 532. The molecule has 3 heteroatoms. The van der Waals surface area contributed by atoms with Gasteiger partial charge in [0.25, 0.3) is 0 Å². The standard InChI is InChI=1S/C15H18ClNO/c1-2-11-17-15(10-6-5-9-14(15)18)12-7-3-4-8-13(12)16/h2-4,7-8,17H,1,5-6,9-11H2/t15-/m0/s1/i9D2. The molecule has 0 saturated heterocycles. The van der Waals surface area contributed by atoms with Gasteiger partial charge in [0, 0.05) is 20.7 Å². The number of carbonyl (C=O) groups is 1. The molecule has 0 bridgehead atoms. The van der Waals surface area contributed by atoms with Gasteiger partial charge in [0.1, 0.15) is 5.54 Å². The average Bonchev–Trinajstić information content (AvgIpc) is 2.41. The zero-order valence-electron chi connectivity index (χ0n) is 12.2. The Morgan fingerprint density at radius 2 is 2.28 bits per heavy atom. The SMILES string of the molecule is [2H]C1([2H])CCC[C@](NCC=C)(c2ccccc2Cl)C1=O. The second kappa shape index (κ2) is 5.68. The molecule has 0 unspecified atom stereocenters. The Balaban J connectivity index is 2.53. The van der Waals surface area contributed by atoms with E-state index in [0.717, 1.165) is 0 Å². The first-order valence-electron chi connectivity index (χ1n) is 7.10. The monoisotopic (exact) mass is 265 g/mol. The summed E-state index contributed by atoms with van der Waals surface area (Å²) < 4.78 is 15.9. The molecule has 18 heavy (non-hydrogen) atoms. The average molecular weight is 266 g/mol. The van der Waals surface area contributed by atoms with Crippen molar-refractivity contribution in [3.8, 4) is 0 Å². The van der Waals surface area contributed by atoms with E-state index in [9.17, 15) is 4.79 Å². The van der Waals surface area contributed by atoms with Crippen molar-refractivity contribution in [2.45, 2.75) is 31.2 Å². The van der Waals surface area contributed by atoms with Crippen molar-refractivity contribution in [1.29, 1.82) is 0 Å². The maximum atomic E-state index is 12.7. The van der Waals surface area contributed by atoms with Gasteiger partial charge in [-0.3, -0.25) is 10.1 Å². The largest absolute Gasteiger partial charge is 0.298 e.